The van der Waals surface area contributed by atoms with Crippen LogP contribution in [0.5, 0.6) is 0 Å². The predicted octanol–water partition coefficient (Wildman–Crippen LogP) is 4.80. The van der Waals surface area contributed by atoms with E-state index in [4.69, 9.17) is 5.73 Å². The van der Waals surface area contributed by atoms with Crippen LogP contribution >= 0.6 is 0 Å². The van der Waals surface area contributed by atoms with Crippen LogP contribution < -0.4 is 15.8 Å². The van der Waals surface area contributed by atoms with Gasteiger partial charge >= 0.3 is 6.18 Å². The number of alkyl halides is 3. The summed E-state index contributed by atoms with van der Waals surface area (Å²) in [6.45, 7) is 0. The molecule has 1 aliphatic rings. The summed E-state index contributed by atoms with van der Waals surface area (Å²) in [7, 11) is -4.08. The Balaban J connectivity index is 1.51. The minimum atomic E-state index is -4.53. The van der Waals surface area contributed by atoms with Crippen molar-refractivity contribution in [2.75, 3.05) is 10.0 Å². The zero-order valence-electron chi connectivity index (χ0n) is 19.4. The molecule has 1 aromatic heterocycles. The van der Waals surface area contributed by atoms with Gasteiger partial charge < -0.3 is 11.1 Å². The summed E-state index contributed by atoms with van der Waals surface area (Å²) >= 11 is 0. The fourth-order valence-corrected chi connectivity index (χ4v) is 5.27. The number of carbonyl (C=O) groups excluding carboxylic acids is 1. The first-order valence-electron chi connectivity index (χ1n) is 11.3. The number of amides is 1. The minimum Gasteiger partial charge on any atom is -0.365 e. The first-order valence-corrected chi connectivity index (χ1v) is 12.8. The number of sulfonamides is 1. The summed E-state index contributed by atoms with van der Waals surface area (Å²) in [4.78, 5) is 11.9. The number of nitrogens with one attached hydrogen (secondary N) is 2. The van der Waals surface area contributed by atoms with Crippen LogP contribution in [0.4, 0.5) is 30.4 Å². The second-order valence-electron chi connectivity index (χ2n) is 8.65. The lowest BCUT2D eigenvalue weighted by molar-refractivity contribution is -0.137. The Morgan fingerprint density at radius 1 is 1.05 bits per heavy atom. The molecule has 1 amide bonds. The molecule has 1 heterocycles. The number of benzene rings is 2. The van der Waals surface area contributed by atoms with E-state index in [9.17, 15) is 31.6 Å². The average Bonchev–Trinajstić information content (AvgIpc) is 3.28. The van der Waals surface area contributed by atoms with Crippen LogP contribution in [0.3, 0.4) is 0 Å². The first kappa shape index (κ1) is 26.0. The maximum atomic E-state index is 12.7. The standard InChI is InChI=1S/C24H23F3N6O3S/c25-24(26,27)16-5-7-18(8-6-16)32-37(35,36)19-11-9-17(10-12-19)30-23-20(22(29)34)14-33(31-23)21-4-2-1-3-15(21)13-28/h5-12,14-15,21,32H,1-4H2,(H2,29,34)(H,30,31)/t15-,21+/m1/s1. The van der Waals surface area contributed by atoms with E-state index < -0.39 is 27.7 Å². The molecule has 0 radical (unpaired) electrons. The summed E-state index contributed by atoms with van der Waals surface area (Å²) in [6.07, 6.45) is 0.360. The highest BCUT2D eigenvalue weighted by Gasteiger charge is 2.30. The monoisotopic (exact) mass is 532 g/mol. The minimum absolute atomic E-state index is 0.0229. The average molecular weight is 533 g/mol. The molecule has 37 heavy (non-hydrogen) atoms. The third kappa shape index (κ3) is 5.86. The molecule has 0 bridgehead atoms. The maximum Gasteiger partial charge on any atom is 0.416 e. The lowest BCUT2D eigenvalue weighted by atomic mass is 9.85. The zero-order chi connectivity index (χ0) is 26.8. The van der Waals surface area contributed by atoms with Crippen LogP contribution in [0.1, 0.15) is 47.6 Å². The third-order valence-electron chi connectivity index (χ3n) is 6.12. The van der Waals surface area contributed by atoms with Gasteiger partial charge in [0.15, 0.2) is 5.82 Å². The van der Waals surface area contributed by atoms with Crippen molar-refractivity contribution < 1.29 is 26.4 Å². The molecule has 0 spiro atoms. The molecule has 2 atom stereocenters. The fraction of sp³-hybridized carbons (Fsp3) is 0.292. The van der Waals surface area contributed by atoms with E-state index in [-0.39, 0.29) is 33.9 Å². The van der Waals surface area contributed by atoms with Crippen LogP contribution in [-0.2, 0) is 16.2 Å². The number of nitrogens with zero attached hydrogens (tertiary/aromatic N) is 3. The number of aromatic nitrogens is 2. The number of nitrogens with two attached hydrogens (primary N) is 1. The van der Waals surface area contributed by atoms with Crippen LogP contribution in [0.25, 0.3) is 0 Å². The van der Waals surface area contributed by atoms with Gasteiger partial charge in [0, 0.05) is 17.6 Å². The molecule has 0 saturated heterocycles. The van der Waals surface area contributed by atoms with E-state index in [0.717, 1.165) is 49.9 Å². The van der Waals surface area contributed by atoms with E-state index in [1.54, 1.807) is 4.68 Å². The van der Waals surface area contributed by atoms with Crippen molar-refractivity contribution in [1.29, 1.82) is 5.26 Å². The number of primary amides is 1. The molecule has 1 saturated carbocycles. The van der Waals surface area contributed by atoms with E-state index in [1.807, 2.05) is 0 Å². The van der Waals surface area contributed by atoms with Crippen molar-refractivity contribution in [1.82, 2.24) is 9.78 Å². The number of rotatable bonds is 7. The summed E-state index contributed by atoms with van der Waals surface area (Å²) in [6, 6.07) is 11.2. The van der Waals surface area contributed by atoms with E-state index in [0.29, 0.717) is 5.69 Å². The third-order valence-corrected chi connectivity index (χ3v) is 7.52. The number of carbonyl (C=O) groups is 1. The van der Waals surface area contributed by atoms with Crippen molar-refractivity contribution in [3.63, 3.8) is 0 Å². The highest BCUT2D eigenvalue weighted by molar-refractivity contribution is 7.92. The molecule has 194 valence electrons. The highest BCUT2D eigenvalue weighted by Crippen LogP contribution is 2.35. The van der Waals surface area contributed by atoms with Crippen LogP contribution in [0, 0.1) is 17.2 Å². The van der Waals surface area contributed by atoms with Gasteiger partial charge in [-0.2, -0.15) is 23.5 Å². The first-order chi connectivity index (χ1) is 17.5. The SMILES string of the molecule is N#C[C@H]1CCCC[C@@H]1n1cc(C(N)=O)c(Nc2ccc(S(=O)(=O)Nc3ccc(C(F)(F)F)cc3)cc2)n1. The van der Waals surface area contributed by atoms with Crippen molar-refractivity contribution in [3.8, 4) is 6.07 Å². The maximum absolute atomic E-state index is 12.7. The molecular weight excluding hydrogens is 509 g/mol. The van der Waals surface area contributed by atoms with E-state index in [1.165, 1.54) is 30.5 Å². The topological polar surface area (TPSA) is 143 Å². The second-order valence-corrected chi connectivity index (χ2v) is 10.3. The summed E-state index contributed by atoms with van der Waals surface area (Å²) in [5.41, 5.74) is 5.15. The van der Waals surface area contributed by atoms with Crippen molar-refractivity contribution in [2.24, 2.45) is 11.7 Å². The van der Waals surface area contributed by atoms with Gasteiger partial charge in [0.25, 0.3) is 15.9 Å². The van der Waals surface area contributed by atoms with Crippen molar-refractivity contribution in [3.05, 3.63) is 65.9 Å². The van der Waals surface area contributed by atoms with Gasteiger partial charge in [-0.05, 0) is 61.4 Å². The molecule has 0 unspecified atom stereocenters. The summed E-state index contributed by atoms with van der Waals surface area (Å²) in [5.74, 6) is -0.768. The number of nitriles is 1. The van der Waals surface area contributed by atoms with Crippen molar-refractivity contribution >= 4 is 33.1 Å². The highest BCUT2D eigenvalue weighted by atomic mass is 32.2. The van der Waals surface area contributed by atoms with Gasteiger partial charge in [-0.25, -0.2) is 8.42 Å². The normalized spacial score (nSPS) is 18.1. The Labute approximate surface area is 211 Å². The van der Waals surface area contributed by atoms with Gasteiger partial charge in [0.2, 0.25) is 0 Å². The van der Waals surface area contributed by atoms with Gasteiger partial charge in [-0.1, -0.05) is 12.8 Å². The smallest absolute Gasteiger partial charge is 0.365 e. The van der Waals surface area contributed by atoms with Gasteiger partial charge in [0.1, 0.15) is 5.56 Å². The number of hydrogen-bond donors (Lipinski definition) is 3. The van der Waals surface area contributed by atoms with E-state index in [2.05, 4.69) is 21.2 Å². The van der Waals surface area contributed by atoms with Gasteiger partial charge in [0.05, 0.1) is 28.5 Å². The fourth-order valence-electron chi connectivity index (χ4n) is 4.21. The molecule has 1 fully saturated rings. The molecule has 13 heteroatoms. The Hall–Kier alpha value is -4.05. The Morgan fingerprint density at radius 2 is 1.68 bits per heavy atom. The summed E-state index contributed by atoms with van der Waals surface area (Å²) in [5, 5.41) is 16.9. The van der Waals surface area contributed by atoms with Gasteiger partial charge in [-0.15, -0.1) is 0 Å². The largest absolute Gasteiger partial charge is 0.416 e. The second kappa shape index (κ2) is 10.1. The Bertz CT molecular complexity index is 1430. The van der Waals surface area contributed by atoms with E-state index >= 15 is 0 Å². The predicted molar refractivity (Wildman–Crippen MR) is 129 cm³/mol. The number of hydrogen-bond acceptors (Lipinski definition) is 6. The Kier molecular flexibility index (Phi) is 7.13. The summed E-state index contributed by atoms with van der Waals surface area (Å²) < 4.78 is 67.4. The zero-order valence-corrected chi connectivity index (χ0v) is 20.2. The molecule has 2 aromatic carbocycles. The number of anilines is 3. The molecular formula is C24H23F3N6O3S. The molecule has 9 nitrogen and oxygen atoms in total. The molecule has 4 rings (SSSR count). The Morgan fingerprint density at radius 3 is 2.27 bits per heavy atom. The molecule has 4 N–H and O–H groups in total. The van der Waals surface area contributed by atoms with Gasteiger partial charge in [-0.3, -0.25) is 14.2 Å². The lowest BCUT2D eigenvalue weighted by Crippen LogP contribution is -2.22. The quantitative estimate of drug-likeness (QED) is 0.399. The van der Waals surface area contributed by atoms with Crippen LogP contribution in [0.2, 0.25) is 0 Å². The molecule has 3 aromatic rings. The molecule has 1 aliphatic carbocycles. The van der Waals surface area contributed by atoms with Crippen LogP contribution in [-0.4, -0.2) is 24.1 Å². The lowest BCUT2D eigenvalue weighted by Gasteiger charge is -2.26. The van der Waals surface area contributed by atoms with Crippen LogP contribution in [0.15, 0.2) is 59.6 Å². The van der Waals surface area contributed by atoms with Crippen molar-refractivity contribution in [2.45, 2.75) is 42.8 Å². The number of halogens is 3. The molecule has 0 aliphatic heterocycles.